The van der Waals surface area contributed by atoms with Crippen molar-refractivity contribution < 1.29 is 0 Å². The van der Waals surface area contributed by atoms with Crippen LogP contribution < -0.4 is 4.90 Å². The maximum atomic E-state index is 2.58. The molecule has 8 aromatic carbocycles. The molecule has 12 rings (SSSR count). The van der Waals surface area contributed by atoms with Gasteiger partial charge in [-0.15, -0.1) is 11.3 Å². The summed E-state index contributed by atoms with van der Waals surface area (Å²) in [5, 5.41) is 2.68. The maximum absolute atomic E-state index is 2.58. The van der Waals surface area contributed by atoms with E-state index in [4.69, 9.17) is 0 Å². The molecule has 3 heteroatoms. The average Bonchev–Trinajstić information content (AvgIpc) is 3.83. The highest BCUT2D eigenvalue weighted by atomic mass is 32.2. The van der Waals surface area contributed by atoms with Crippen LogP contribution in [0, 0.1) is 0 Å². The second kappa shape index (κ2) is 15.0. The average molecular weight is 818 g/mol. The number of hydrogen-bond donors (Lipinski definition) is 0. The van der Waals surface area contributed by atoms with Gasteiger partial charge < -0.3 is 4.90 Å². The molecule has 0 N–H and O–H groups in total. The van der Waals surface area contributed by atoms with Gasteiger partial charge in [0.15, 0.2) is 0 Å². The fourth-order valence-electron chi connectivity index (χ4n) is 10.6. The van der Waals surface area contributed by atoms with E-state index < -0.39 is 0 Å². The first-order valence-corrected chi connectivity index (χ1v) is 23.2. The second-order valence-electron chi connectivity index (χ2n) is 16.6. The van der Waals surface area contributed by atoms with Crippen molar-refractivity contribution >= 4 is 54.6 Å². The van der Waals surface area contributed by atoms with Crippen molar-refractivity contribution in [2.45, 2.75) is 46.4 Å². The summed E-state index contributed by atoms with van der Waals surface area (Å²) >= 11 is 3.83. The molecule has 61 heavy (non-hydrogen) atoms. The lowest BCUT2D eigenvalue weighted by Crippen LogP contribution is -2.33. The van der Waals surface area contributed by atoms with Crippen molar-refractivity contribution in [1.29, 1.82) is 0 Å². The number of fused-ring (bicyclic) bond motifs is 12. The summed E-state index contributed by atoms with van der Waals surface area (Å²) in [7, 11) is 0. The molecular weight excluding hydrogens is 775 g/mol. The second-order valence-corrected chi connectivity index (χ2v) is 18.8. The molecule has 9 aromatic rings. The molecule has 3 aliphatic rings. The number of nitrogens with zero attached hydrogens (tertiary/aromatic N) is 1. The van der Waals surface area contributed by atoms with Gasteiger partial charge in [-0.3, -0.25) is 0 Å². The SMILES string of the molecule is C1=CCC(N(c2ccc3c(c2)Sc2ccccc2C32c3ccccc3-c3ccccc32)c2ccc3c(c2)sc2ccc(C(CCc4ccccc4)c4ccccc4)cc23)C=C1. The van der Waals surface area contributed by atoms with Crippen molar-refractivity contribution in [3.63, 3.8) is 0 Å². The minimum absolute atomic E-state index is 0.195. The Kier molecular flexibility index (Phi) is 8.94. The summed E-state index contributed by atoms with van der Waals surface area (Å²) in [6.45, 7) is 0. The zero-order valence-electron chi connectivity index (χ0n) is 33.7. The normalized spacial score (nSPS) is 16.0. The first kappa shape index (κ1) is 36.5. The summed E-state index contributed by atoms with van der Waals surface area (Å²) in [5.41, 5.74) is 14.4. The van der Waals surface area contributed by atoms with Crippen LogP contribution in [0.3, 0.4) is 0 Å². The summed E-state index contributed by atoms with van der Waals surface area (Å²) in [6, 6.07) is 71.2. The largest absolute Gasteiger partial charge is 0.334 e. The van der Waals surface area contributed by atoms with Gasteiger partial charge in [0.05, 0.1) is 11.5 Å². The van der Waals surface area contributed by atoms with E-state index in [1.807, 2.05) is 23.1 Å². The molecule has 0 saturated heterocycles. The van der Waals surface area contributed by atoms with E-state index in [9.17, 15) is 0 Å². The molecule has 2 atom stereocenters. The van der Waals surface area contributed by atoms with Crippen LogP contribution >= 0.6 is 23.1 Å². The van der Waals surface area contributed by atoms with Crippen molar-refractivity contribution in [1.82, 2.24) is 0 Å². The van der Waals surface area contributed by atoms with Crippen molar-refractivity contribution in [2.24, 2.45) is 0 Å². The number of thiophene rings is 1. The van der Waals surface area contributed by atoms with Gasteiger partial charge in [0.2, 0.25) is 0 Å². The van der Waals surface area contributed by atoms with Crippen LogP contribution in [0.5, 0.6) is 0 Å². The lowest BCUT2D eigenvalue weighted by atomic mass is 9.67. The van der Waals surface area contributed by atoms with Crippen molar-refractivity contribution in [3.8, 4) is 11.1 Å². The lowest BCUT2D eigenvalue weighted by Gasteiger charge is -2.40. The number of aryl methyl sites for hydroxylation is 1. The highest BCUT2D eigenvalue weighted by Crippen LogP contribution is 2.62. The van der Waals surface area contributed by atoms with Gasteiger partial charge in [-0.25, -0.2) is 0 Å². The first-order chi connectivity index (χ1) is 30.2. The predicted octanol–water partition coefficient (Wildman–Crippen LogP) is 15.7. The van der Waals surface area contributed by atoms with Crippen LogP contribution in [0.25, 0.3) is 31.3 Å². The van der Waals surface area contributed by atoms with E-state index in [0.717, 1.165) is 19.3 Å². The minimum Gasteiger partial charge on any atom is -0.334 e. The van der Waals surface area contributed by atoms with Crippen LogP contribution in [0.4, 0.5) is 11.4 Å². The Bertz CT molecular complexity index is 3130. The highest BCUT2D eigenvalue weighted by molar-refractivity contribution is 7.99. The van der Waals surface area contributed by atoms with E-state index in [0.29, 0.717) is 5.92 Å². The topological polar surface area (TPSA) is 3.24 Å². The fourth-order valence-corrected chi connectivity index (χ4v) is 13.0. The number of anilines is 2. The molecule has 1 nitrogen and oxygen atoms in total. The van der Waals surface area contributed by atoms with Gasteiger partial charge in [-0.1, -0.05) is 182 Å². The van der Waals surface area contributed by atoms with Gasteiger partial charge >= 0.3 is 0 Å². The van der Waals surface area contributed by atoms with E-state index in [1.165, 1.54) is 91.4 Å². The van der Waals surface area contributed by atoms with Crippen molar-refractivity contribution in [2.75, 3.05) is 4.90 Å². The Labute approximate surface area is 366 Å². The zero-order chi connectivity index (χ0) is 40.3. The van der Waals surface area contributed by atoms with Crippen LogP contribution in [0.1, 0.15) is 57.7 Å². The maximum Gasteiger partial charge on any atom is 0.0735 e. The predicted molar refractivity (Wildman–Crippen MR) is 259 cm³/mol. The summed E-state index contributed by atoms with van der Waals surface area (Å²) in [4.78, 5) is 5.22. The number of allylic oxidation sites excluding steroid dienone is 2. The van der Waals surface area contributed by atoms with Crippen LogP contribution in [0.2, 0.25) is 0 Å². The Morgan fingerprint density at radius 1 is 0.525 bits per heavy atom. The van der Waals surface area contributed by atoms with Gasteiger partial charge in [-0.2, -0.15) is 0 Å². The monoisotopic (exact) mass is 817 g/mol. The molecular formula is C58H43NS2. The van der Waals surface area contributed by atoms with Crippen LogP contribution in [0.15, 0.2) is 222 Å². The number of benzene rings is 8. The Balaban J connectivity index is 0.964. The minimum atomic E-state index is -0.378. The van der Waals surface area contributed by atoms with Gasteiger partial charge in [-0.05, 0) is 112 Å². The fraction of sp³-hybridized carbons (Fsp3) is 0.103. The zero-order valence-corrected chi connectivity index (χ0v) is 35.4. The molecule has 1 aliphatic heterocycles. The molecule has 2 unspecified atom stereocenters. The highest BCUT2D eigenvalue weighted by Gasteiger charge is 2.50. The van der Waals surface area contributed by atoms with E-state index in [-0.39, 0.29) is 11.5 Å². The van der Waals surface area contributed by atoms with Gasteiger partial charge in [0, 0.05) is 47.3 Å². The molecule has 292 valence electrons. The molecule has 0 fully saturated rings. The van der Waals surface area contributed by atoms with E-state index in [2.05, 4.69) is 217 Å². The number of rotatable bonds is 8. The third kappa shape index (κ3) is 5.97. The third-order valence-electron chi connectivity index (χ3n) is 13.3. The quantitative estimate of drug-likeness (QED) is 0.150. The van der Waals surface area contributed by atoms with E-state index >= 15 is 0 Å². The molecule has 0 bridgehead atoms. The molecule has 0 radical (unpaired) electrons. The van der Waals surface area contributed by atoms with Crippen LogP contribution in [-0.2, 0) is 11.8 Å². The molecule has 0 saturated carbocycles. The number of hydrogen-bond acceptors (Lipinski definition) is 3. The lowest BCUT2D eigenvalue weighted by molar-refractivity contribution is 0.716. The summed E-state index contributed by atoms with van der Waals surface area (Å²) < 4.78 is 2.66. The van der Waals surface area contributed by atoms with Gasteiger partial charge in [0.1, 0.15) is 0 Å². The smallest absolute Gasteiger partial charge is 0.0735 e. The molecule has 1 aromatic heterocycles. The molecule has 2 heterocycles. The summed E-state index contributed by atoms with van der Waals surface area (Å²) in [6.07, 6.45) is 12.1. The Morgan fingerprint density at radius 2 is 1.20 bits per heavy atom. The Morgan fingerprint density at radius 3 is 1.97 bits per heavy atom. The Hall–Kier alpha value is -6.39. The molecule has 2 aliphatic carbocycles. The third-order valence-corrected chi connectivity index (χ3v) is 15.6. The molecule has 1 spiro atoms. The first-order valence-electron chi connectivity index (χ1n) is 21.5. The van der Waals surface area contributed by atoms with Gasteiger partial charge in [0.25, 0.3) is 0 Å². The standard InChI is InChI=1S/C58H43NS2/c1-4-16-39(17-5-1)28-32-45(40-18-6-2-7-19-40)41-29-35-54-49(36-41)48-33-30-43(37-56(48)60-54)59(42-20-8-3-9-21-42)44-31-34-53-57(38-44)61-55-27-15-14-26-52(55)58(53)50-24-12-10-22-46(50)47-23-11-13-25-51(47)58/h1-20,22-27,29-31,33-38,42,45H,21,28,32H2. The van der Waals surface area contributed by atoms with Crippen LogP contribution in [-0.4, -0.2) is 6.04 Å². The van der Waals surface area contributed by atoms with Crippen molar-refractivity contribution in [3.05, 3.63) is 251 Å². The molecule has 0 amide bonds. The summed E-state index contributed by atoms with van der Waals surface area (Å²) in [5.74, 6) is 0.320. The van der Waals surface area contributed by atoms with E-state index in [1.54, 1.807) is 0 Å².